The Kier molecular flexibility index (Phi) is 5.38. The summed E-state index contributed by atoms with van der Waals surface area (Å²) >= 11 is 0. The molecule has 3 rings (SSSR count). The average molecular weight is 390 g/mol. The number of benzene rings is 1. The van der Waals surface area contributed by atoms with Crippen LogP contribution in [0.1, 0.15) is 50.3 Å². The molecule has 0 saturated carbocycles. The van der Waals surface area contributed by atoms with Crippen LogP contribution in [0.25, 0.3) is 0 Å². The molecule has 3 atom stereocenters. The van der Waals surface area contributed by atoms with Crippen molar-refractivity contribution in [3.05, 3.63) is 35.4 Å². The molecule has 0 bridgehead atoms. The molecule has 3 unspecified atom stereocenters. The largest absolute Gasteiger partial charge is 0.416 e. The molecule has 4 nitrogen and oxygen atoms in total. The number of alkyl halides is 3. The minimum Gasteiger partial charge on any atom is -0.195 e. The monoisotopic (exact) mass is 390 g/mol. The van der Waals surface area contributed by atoms with Gasteiger partial charge >= 0.3 is 6.18 Å². The summed E-state index contributed by atoms with van der Waals surface area (Å²) in [4.78, 5) is 0. The van der Waals surface area contributed by atoms with Crippen molar-refractivity contribution < 1.29 is 21.6 Å². The Morgan fingerprint density at radius 2 is 1.69 bits per heavy atom. The lowest BCUT2D eigenvalue weighted by atomic mass is 9.94. The molecule has 2 aliphatic rings. The van der Waals surface area contributed by atoms with Gasteiger partial charge in [0.1, 0.15) is 0 Å². The molecule has 0 aliphatic carbocycles. The Bertz CT molecular complexity index is 741. The SMILES string of the molecule is CC1CC(C)CN(S(=O)(=O)N2CCCC2c2ccccc2C(F)(F)F)C1. The number of rotatable bonds is 3. The second-order valence-corrected chi connectivity index (χ2v) is 9.51. The molecular weight excluding hydrogens is 365 g/mol. The summed E-state index contributed by atoms with van der Waals surface area (Å²) in [7, 11) is -3.79. The van der Waals surface area contributed by atoms with Gasteiger partial charge in [0.2, 0.25) is 0 Å². The number of hydrogen-bond donors (Lipinski definition) is 0. The molecule has 2 fully saturated rings. The van der Waals surface area contributed by atoms with E-state index < -0.39 is 28.0 Å². The molecular formula is C18H25F3N2O2S. The van der Waals surface area contributed by atoms with Crippen molar-refractivity contribution in [1.82, 2.24) is 8.61 Å². The van der Waals surface area contributed by atoms with Gasteiger partial charge in [0, 0.05) is 19.6 Å². The fraction of sp³-hybridized carbons (Fsp3) is 0.667. The van der Waals surface area contributed by atoms with E-state index in [-0.39, 0.29) is 23.9 Å². The summed E-state index contributed by atoms with van der Waals surface area (Å²) in [6.45, 7) is 5.14. The molecule has 26 heavy (non-hydrogen) atoms. The quantitative estimate of drug-likeness (QED) is 0.781. The Balaban J connectivity index is 1.94. The molecule has 1 aromatic rings. The summed E-state index contributed by atoms with van der Waals surface area (Å²) in [5, 5.41) is 0. The number of nitrogens with zero attached hydrogens (tertiary/aromatic N) is 2. The first-order valence-electron chi connectivity index (χ1n) is 9.03. The molecule has 2 aliphatic heterocycles. The van der Waals surface area contributed by atoms with E-state index in [9.17, 15) is 21.6 Å². The number of halogens is 3. The van der Waals surface area contributed by atoms with Crippen LogP contribution in [0.15, 0.2) is 24.3 Å². The highest BCUT2D eigenvalue weighted by molar-refractivity contribution is 7.86. The minimum absolute atomic E-state index is 0.0548. The van der Waals surface area contributed by atoms with Crippen LogP contribution in [-0.4, -0.2) is 36.7 Å². The van der Waals surface area contributed by atoms with Crippen LogP contribution < -0.4 is 0 Å². The zero-order valence-corrected chi connectivity index (χ0v) is 15.9. The van der Waals surface area contributed by atoms with Gasteiger partial charge in [0.15, 0.2) is 0 Å². The van der Waals surface area contributed by atoms with Crippen molar-refractivity contribution in [3.8, 4) is 0 Å². The lowest BCUT2D eigenvalue weighted by Crippen LogP contribution is -2.49. The van der Waals surface area contributed by atoms with Gasteiger partial charge in [-0.25, -0.2) is 0 Å². The maximum Gasteiger partial charge on any atom is 0.416 e. The third-order valence-corrected chi connectivity index (χ3v) is 7.27. The van der Waals surface area contributed by atoms with E-state index in [1.807, 2.05) is 13.8 Å². The molecule has 0 aromatic heterocycles. The molecule has 0 amide bonds. The maximum absolute atomic E-state index is 13.4. The normalized spacial score (nSPS) is 29.2. The van der Waals surface area contributed by atoms with E-state index in [0.29, 0.717) is 25.9 Å². The van der Waals surface area contributed by atoms with Gasteiger partial charge in [-0.1, -0.05) is 32.0 Å². The fourth-order valence-electron chi connectivity index (χ4n) is 4.32. The van der Waals surface area contributed by atoms with Crippen LogP contribution >= 0.6 is 0 Å². The first-order valence-corrected chi connectivity index (χ1v) is 10.4. The van der Waals surface area contributed by atoms with Crippen LogP contribution in [0.5, 0.6) is 0 Å². The van der Waals surface area contributed by atoms with Crippen LogP contribution in [0.3, 0.4) is 0 Å². The molecule has 0 N–H and O–H groups in total. The Morgan fingerprint density at radius 3 is 2.31 bits per heavy atom. The van der Waals surface area contributed by atoms with E-state index in [1.165, 1.54) is 20.7 Å². The van der Waals surface area contributed by atoms with Crippen molar-refractivity contribution >= 4 is 10.2 Å². The third-order valence-electron chi connectivity index (χ3n) is 5.29. The van der Waals surface area contributed by atoms with Crippen molar-refractivity contribution in [3.63, 3.8) is 0 Å². The summed E-state index contributed by atoms with van der Waals surface area (Å²) < 4.78 is 69.3. The van der Waals surface area contributed by atoms with Gasteiger partial charge in [-0.3, -0.25) is 0 Å². The van der Waals surface area contributed by atoms with Gasteiger partial charge in [0.25, 0.3) is 10.2 Å². The van der Waals surface area contributed by atoms with E-state index in [1.54, 1.807) is 6.07 Å². The van der Waals surface area contributed by atoms with Gasteiger partial charge < -0.3 is 0 Å². The van der Waals surface area contributed by atoms with Crippen LogP contribution in [0.2, 0.25) is 0 Å². The molecule has 1 aromatic carbocycles. The molecule has 0 spiro atoms. The van der Waals surface area contributed by atoms with E-state index in [2.05, 4.69) is 0 Å². The molecule has 2 heterocycles. The number of hydrogen-bond acceptors (Lipinski definition) is 2. The Morgan fingerprint density at radius 1 is 1.08 bits per heavy atom. The third kappa shape index (κ3) is 3.77. The molecule has 8 heteroatoms. The second-order valence-electron chi connectivity index (χ2n) is 7.62. The summed E-state index contributed by atoms with van der Waals surface area (Å²) in [5.74, 6) is 0.495. The van der Waals surface area contributed by atoms with Crippen molar-refractivity contribution in [2.75, 3.05) is 19.6 Å². The van der Waals surface area contributed by atoms with Gasteiger partial charge in [0.05, 0.1) is 11.6 Å². The van der Waals surface area contributed by atoms with E-state index in [4.69, 9.17) is 0 Å². The van der Waals surface area contributed by atoms with Crippen molar-refractivity contribution in [2.24, 2.45) is 11.8 Å². The maximum atomic E-state index is 13.4. The molecule has 0 radical (unpaired) electrons. The van der Waals surface area contributed by atoms with Crippen LogP contribution in [-0.2, 0) is 16.4 Å². The van der Waals surface area contributed by atoms with Crippen molar-refractivity contribution in [1.29, 1.82) is 0 Å². The van der Waals surface area contributed by atoms with Gasteiger partial charge in [-0.15, -0.1) is 0 Å². The summed E-state index contributed by atoms with van der Waals surface area (Å²) in [6, 6.07) is 4.56. The van der Waals surface area contributed by atoms with Gasteiger partial charge in [-0.05, 0) is 42.7 Å². The smallest absolute Gasteiger partial charge is 0.195 e. The van der Waals surface area contributed by atoms with E-state index >= 15 is 0 Å². The molecule has 2 saturated heterocycles. The lowest BCUT2D eigenvalue weighted by Gasteiger charge is -2.38. The second kappa shape index (κ2) is 7.13. The number of piperidine rings is 1. The topological polar surface area (TPSA) is 40.6 Å². The minimum atomic E-state index is -4.50. The first kappa shape index (κ1) is 19.6. The Labute approximate surface area is 153 Å². The predicted octanol–water partition coefficient (Wildman–Crippen LogP) is 4.07. The highest BCUT2D eigenvalue weighted by Crippen LogP contribution is 2.42. The average Bonchev–Trinajstić information content (AvgIpc) is 3.03. The van der Waals surface area contributed by atoms with Gasteiger partial charge in [-0.2, -0.15) is 30.2 Å². The highest BCUT2D eigenvalue weighted by atomic mass is 32.2. The zero-order chi connectivity index (χ0) is 19.1. The Hall–Kier alpha value is -1.12. The summed E-state index contributed by atoms with van der Waals surface area (Å²) in [5.41, 5.74) is -0.688. The zero-order valence-electron chi connectivity index (χ0n) is 15.0. The predicted molar refractivity (Wildman–Crippen MR) is 93.6 cm³/mol. The van der Waals surface area contributed by atoms with Crippen LogP contribution in [0, 0.1) is 11.8 Å². The van der Waals surface area contributed by atoms with E-state index in [0.717, 1.165) is 12.5 Å². The van der Waals surface area contributed by atoms with Crippen LogP contribution in [0.4, 0.5) is 13.2 Å². The molecule has 146 valence electrons. The standard InChI is InChI=1S/C18H25F3N2O2S/c1-13-10-14(2)12-22(11-13)26(24,25)23-9-5-8-17(23)15-6-3-4-7-16(15)18(19,20)21/h3-4,6-7,13-14,17H,5,8-12H2,1-2H3. The summed E-state index contributed by atoms with van der Waals surface area (Å²) in [6.07, 6.45) is -2.56. The lowest BCUT2D eigenvalue weighted by molar-refractivity contribution is -0.138. The van der Waals surface area contributed by atoms with Crippen molar-refractivity contribution in [2.45, 2.75) is 45.3 Å². The first-order chi connectivity index (χ1) is 12.1. The fourth-order valence-corrected chi connectivity index (χ4v) is 6.40. The highest BCUT2D eigenvalue weighted by Gasteiger charge is 2.44.